The first-order chi connectivity index (χ1) is 9.52. The lowest BCUT2D eigenvalue weighted by Crippen LogP contribution is -2.40. The third kappa shape index (κ3) is 3.21. The van der Waals surface area contributed by atoms with Crippen LogP contribution in [0.1, 0.15) is 35.9 Å². The van der Waals surface area contributed by atoms with Gasteiger partial charge in [0.05, 0.1) is 6.10 Å². The largest absolute Gasteiger partial charge is 0.393 e. The number of aromatic nitrogens is 1. The highest BCUT2D eigenvalue weighted by molar-refractivity contribution is 7.18. The number of aliphatic hydroxyl groups is 1. The van der Waals surface area contributed by atoms with Gasteiger partial charge in [-0.25, -0.2) is 4.98 Å². The molecule has 1 aliphatic heterocycles. The zero-order valence-electron chi connectivity index (χ0n) is 12.0. The Morgan fingerprint density at radius 1 is 1.55 bits per heavy atom. The van der Waals surface area contributed by atoms with E-state index in [-0.39, 0.29) is 12.0 Å². The molecule has 0 radical (unpaired) electrons. The molecular formula is C13H22N4O2S. The number of rotatable bonds is 4. The molecular weight excluding hydrogens is 276 g/mol. The Hall–Kier alpha value is -1.34. The monoisotopic (exact) mass is 298 g/mol. The van der Waals surface area contributed by atoms with Crippen molar-refractivity contribution in [3.63, 3.8) is 0 Å². The fourth-order valence-corrected chi connectivity index (χ4v) is 3.22. The number of carbonyl (C=O) groups excluding carboxylic acids is 1. The van der Waals surface area contributed by atoms with E-state index >= 15 is 0 Å². The topological polar surface area (TPSA) is 82.7 Å². The molecule has 0 spiro atoms. The highest BCUT2D eigenvalue weighted by atomic mass is 32.1. The van der Waals surface area contributed by atoms with Crippen molar-refractivity contribution >= 4 is 28.2 Å². The Morgan fingerprint density at radius 2 is 2.20 bits per heavy atom. The van der Waals surface area contributed by atoms with Gasteiger partial charge in [-0.2, -0.15) is 0 Å². The van der Waals surface area contributed by atoms with Gasteiger partial charge in [0.15, 0.2) is 5.13 Å². The Kier molecular flexibility index (Phi) is 4.82. The van der Waals surface area contributed by atoms with Gasteiger partial charge in [0.25, 0.3) is 5.91 Å². The SMILES string of the molecule is CCCN(C)c1nc(N)c(C(=O)N2CCC(O)CC2)s1. The first-order valence-corrected chi connectivity index (χ1v) is 7.79. The van der Waals surface area contributed by atoms with Gasteiger partial charge in [-0.1, -0.05) is 18.3 Å². The van der Waals surface area contributed by atoms with Gasteiger partial charge in [-0.05, 0) is 19.3 Å². The highest BCUT2D eigenvalue weighted by Crippen LogP contribution is 2.29. The van der Waals surface area contributed by atoms with Gasteiger partial charge < -0.3 is 20.6 Å². The summed E-state index contributed by atoms with van der Waals surface area (Å²) in [5.74, 6) is 0.243. The number of aliphatic hydroxyl groups excluding tert-OH is 1. The number of nitrogens with two attached hydrogens (primary N) is 1. The summed E-state index contributed by atoms with van der Waals surface area (Å²) in [7, 11) is 1.95. The first kappa shape index (κ1) is 15.1. The van der Waals surface area contributed by atoms with Crippen LogP contribution in [-0.2, 0) is 0 Å². The van der Waals surface area contributed by atoms with Crippen LogP contribution in [0.3, 0.4) is 0 Å². The molecule has 0 atom stereocenters. The van der Waals surface area contributed by atoms with Crippen molar-refractivity contribution in [2.75, 3.05) is 37.3 Å². The van der Waals surface area contributed by atoms with E-state index in [0.29, 0.717) is 36.6 Å². The molecule has 0 aromatic carbocycles. The van der Waals surface area contributed by atoms with Crippen LogP contribution in [0.2, 0.25) is 0 Å². The van der Waals surface area contributed by atoms with Crippen molar-refractivity contribution in [2.45, 2.75) is 32.3 Å². The van der Waals surface area contributed by atoms with Crippen molar-refractivity contribution in [2.24, 2.45) is 0 Å². The molecule has 6 nitrogen and oxygen atoms in total. The van der Waals surface area contributed by atoms with Crippen molar-refractivity contribution in [1.82, 2.24) is 9.88 Å². The minimum Gasteiger partial charge on any atom is -0.393 e. The lowest BCUT2D eigenvalue weighted by molar-refractivity contribution is 0.0551. The minimum atomic E-state index is -0.288. The number of thiazole rings is 1. The van der Waals surface area contributed by atoms with Crippen LogP contribution < -0.4 is 10.6 Å². The third-order valence-electron chi connectivity index (χ3n) is 3.47. The molecule has 0 unspecified atom stereocenters. The molecule has 2 heterocycles. The molecule has 1 fully saturated rings. The van der Waals surface area contributed by atoms with Gasteiger partial charge in [0.1, 0.15) is 10.7 Å². The molecule has 3 N–H and O–H groups in total. The zero-order valence-corrected chi connectivity index (χ0v) is 12.8. The van der Waals surface area contributed by atoms with Gasteiger partial charge in [0.2, 0.25) is 0 Å². The van der Waals surface area contributed by atoms with Crippen molar-refractivity contribution in [1.29, 1.82) is 0 Å². The normalized spacial score (nSPS) is 16.4. The molecule has 7 heteroatoms. The number of hydrogen-bond donors (Lipinski definition) is 2. The summed E-state index contributed by atoms with van der Waals surface area (Å²) in [5, 5.41) is 10.3. The number of nitrogens with zero attached hydrogens (tertiary/aromatic N) is 3. The summed E-state index contributed by atoms with van der Waals surface area (Å²) in [4.78, 5) is 21.0. The average molecular weight is 298 g/mol. The summed E-state index contributed by atoms with van der Waals surface area (Å²) < 4.78 is 0. The van der Waals surface area contributed by atoms with Gasteiger partial charge in [-0.3, -0.25) is 4.79 Å². The second-order valence-electron chi connectivity index (χ2n) is 5.16. The zero-order chi connectivity index (χ0) is 14.7. The molecule has 112 valence electrons. The smallest absolute Gasteiger partial charge is 0.267 e. The van der Waals surface area contributed by atoms with Crippen LogP contribution >= 0.6 is 11.3 Å². The molecule has 0 saturated carbocycles. The predicted molar refractivity (Wildman–Crippen MR) is 81.2 cm³/mol. The lowest BCUT2D eigenvalue weighted by atomic mass is 10.1. The fourth-order valence-electron chi connectivity index (χ4n) is 2.28. The summed E-state index contributed by atoms with van der Waals surface area (Å²) in [5.41, 5.74) is 5.89. The van der Waals surface area contributed by atoms with Crippen molar-refractivity contribution in [3.05, 3.63) is 4.88 Å². The fraction of sp³-hybridized carbons (Fsp3) is 0.692. The second kappa shape index (κ2) is 6.41. The van der Waals surface area contributed by atoms with E-state index in [1.54, 1.807) is 4.90 Å². The van der Waals surface area contributed by atoms with E-state index in [0.717, 1.165) is 18.1 Å². The first-order valence-electron chi connectivity index (χ1n) is 6.97. The number of likely N-dealkylation sites (tertiary alicyclic amines) is 1. The average Bonchev–Trinajstić information content (AvgIpc) is 2.81. The van der Waals surface area contributed by atoms with Crippen molar-refractivity contribution < 1.29 is 9.90 Å². The van der Waals surface area contributed by atoms with E-state index in [9.17, 15) is 9.90 Å². The van der Waals surface area contributed by atoms with Gasteiger partial charge >= 0.3 is 0 Å². The number of hydrogen-bond acceptors (Lipinski definition) is 6. The van der Waals surface area contributed by atoms with E-state index < -0.39 is 0 Å². The van der Waals surface area contributed by atoms with Crippen LogP contribution in [0.25, 0.3) is 0 Å². The van der Waals surface area contributed by atoms with E-state index in [4.69, 9.17) is 5.73 Å². The number of nitrogen functional groups attached to an aromatic ring is 1. The second-order valence-corrected chi connectivity index (χ2v) is 6.13. The molecule has 1 aliphatic rings. The van der Waals surface area contributed by atoms with Gasteiger partial charge in [0, 0.05) is 26.7 Å². The number of carbonyl (C=O) groups is 1. The quantitative estimate of drug-likeness (QED) is 0.872. The Morgan fingerprint density at radius 3 is 2.80 bits per heavy atom. The number of piperidine rings is 1. The molecule has 1 aromatic rings. The molecule has 1 amide bonds. The van der Waals surface area contributed by atoms with Gasteiger partial charge in [-0.15, -0.1) is 0 Å². The molecule has 0 bridgehead atoms. The molecule has 2 rings (SSSR count). The maximum atomic E-state index is 12.4. The maximum Gasteiger partial charge on any atom is 0.267 e. The number of amides is 1. The van der Waals surface area contributed by atoms with Crippen molar-refractivity contribution in [3.8, 4) is 0 Å². The van der Waals surface area contributed by atoms with E-state index in [1.165, 1.54) is 11.3 Å². The van der Waals surface area contributed by atoms with E-state index in [2.05, 4.69) is 11.9 Å². The Balaban J connectivity index is 2.10. The Bertz CT molecular complexity index is 469. The Labute approximate surface area is 123 Å². The molecule has 1 aromatic heterocycles. The summed E-state index contributed by atoms with van der Waals surface area (Å²) in [6.45, 7) is 4.14. The molecule has 1 saturated heterocycles. The third-order valence-corrected chi connectivity index (χ3v) is 4.65. The summed E-state index contributed by atoms with van der Waals surface area (Å²) in [6, 6.07) is 0. The van der Waals surface area contributed by atoms with Crippen LogP contribution in [-0.4, -0.2) is 53.7 Å². The maximum absolute atomic E-state index is 12.4. The van der Waals surface area contributed by atoms with Crippen LogP contribution in [0.4, 0.5) is 10.9 Å². The number of anilines is 2. The molecule has 20 heavy (non-hydrogen) atoms. The molecule has 0 aliphatic carbocycles. The minimum absolute atomic E-state index is 0.0666. The lowest BCUT2D eigenvalue weighted by Gasteiger charge is -2.29. The van der Waals surface area contributed by atoms with Crippen LogP contribution in [0, 0.1) is 0 Å². The van der Waals surface area contributed by atoms with E-state index in [1.807, 2.05) is 11.9 Å². The standard InChI is InChI=1S/C13H22N4O2S/c1-3-6-16(2)13-15-11(14)10(20-13)12(19)17-7-4-9(18)5-8-17/h9,18H,3-8,14H2,1-2H3. The summed E-state index contributed by atoms with van der Waals surface area (Å²) >= 11 is 1.35. The predicted octanol–water partition coefficient (Wildman–Crippen LogP) is 1.17. The summed E-state index contributed by atoms with van der Waals surface area (Å²) in [6.07, 6.45) is 1.99. The van der Waals surface area contributed by atoms with Crippen LogP contribution in [0.15, 0.2) is 0 Å². The highest BCUT2D eigenvalue weighted by Gasteiger charge is 2.26. The van der Waals surface area contributed by atoms with Crippen LogP contribution in [0.5, 0.6) is 0 Å².